The maximum absolute atomic E-state index is 2.31. The van der Waals surface area contributed by atoms with Crippen LogP contribution in [-0.2, 0) is 26.2 Å². The van der Waals surface area contributed by atoms with Gasteiger partial charge in [-0.2, -0.15) is 28.8 Å². The summed E-state index contributed by atoms with van der Waals surface area (Å²) in [5, 5.41) is 4.18. The molecule has 0 saturated carbocycles. The Labute approximate surface area is 183 Å². The number of hydrogen-bond acceptors (Lipinski definition) is 0. The van der Waals surface area contributed by atoms with Crippen LogP contribution in [0.3, 0.4) is 0 Å². The molecule has 0 bridgehead atoms. The summed E-state index contributed by atoms with van der Waals surface area (Å²) < 4.78 is 0. The Bertz CT molecular complexity index is 820. The molecule has 25 heavy (non-hydrogen) atoms. The van der Waals surface area contributed by atoms with E-state index in [-0.39, 0.29) is 58.6 Å². The number of aryl methyl sites for hydroxylation is 2. The van der Waals surface area contributed by atoms with Gasteiger partial charge < -0.3 is 24.8 Å². The minimum atomic E-state index is -0.148. The largest absolute Gasteiger partial charge is 4.00 e. The molecule has 0 aliphatic carbocycles. The molecule has 0 spiro atoms. The molecule has 4 aromatic rings. The van der Waals surface area contributed by atoms with Crippen LogP contribution in [0.2, 0.25) is 0 Å². The van der Waals surface area contributed by atoms with Gasteiger partial charge in [0.05, 0.1) is 0 Å². The van der Waals surface area contributed by atoms with Crippen molar-refractivity contribution in [1.29, 1.82) is 0 Å². The Kier molecular flexibility index (Phi) is 10.9. The van der Waals surface area contributed by atoms with Crippen molar-refractivity contribution in [2.45, 2.75) is 20.8 Å². The Hall–Kier alpha value is -0.577. The molecule has 128 valence electrons. The first-order valence-corrected chi connectivity index (χ1v) is 9.11. The molecule has 0 saturated heterocycles. The Morgan fingerprint density at radius 1 is 0.920 bits per heavy atom. The summed E-state index contributed by atoms with van der Waals surface area (Å²) in [6, 6.07) is 21.8. The minimum Gasteiger partial charge on any atom is -1.00 e. The van der Waals surface area contributed by atoms with E-state index in [0.717, 1.165) is 0 Å². The summed E-state index contributed by atoms with van der Waals surface area (Å²) >= 11 is 0. The van der Waals surface area contributed by atoms with Crippen LogP contribution >= 0.6 is 7.53 Å². The number of rotatable bonds is 1. The van der Waals surface area contributed by atoms with Crippen molar-refractivity contribution < 1.29 is 51.0 Å². The van der Waals surface area contributed by atoms with Crippen LogP contribution in [0.25, 0.3) is 16.1 Å². The topological polar surface area (TPSA) is 0 Å². The second-order valence-corrected chi connectivity index (χ2v) is 7.68. The van der Waals surface area contributed by atoms with Crippen molar-refractivity contribution in [2.75, 3.05) is 0 Å². The molecule has 1 heterocycles. The molecule has 0 unspecified atom stereocenters. The number of hydrogen-bond donors (Lipinski definition) is 0. The summed E-state index contributed by atoms with van der Waals surface area (Å²) in [6.07, 6.45) is 0. The predicted octanol–water partition coefficient (Wildman–Crippen LogP) is 0.871. The molecule has 0 nitrogen and oxygen atoms in total. The molecular weight excluding hydrogens is 445 g/mol. The van der Waals surface area contributed by atoms with Gasteiger partial charge in [-0.05, 0) is 11.6 Å². The average molecular weight is 467 g/mol. The smallest absolute Gasteiger partial charge is 1.00 e. The molecule has 4 heteroatoms. The van der Waals surface area contributed by atoms with Gasteiger partial charge in [-0.15, -0.1) is 42.6 Å². The van der Waals surface area contributed by atoms with Gasteiger partial charge >= 0.3 is 26.2 Å². The standard InChI is InChI=1S/C13H10P.C8H11.2ClH.Zr/c1-2-6-12-10-13(9-11(12)5-1)14-7-3-4-8-14;1-6-4-5-7(2)8(6)3;;;/h1-10H;4-5H,1-3H3;2*1H;/q2*-1;;;+4/p-2. The van der Waals surface area contributed by atoms with Gasteiger partial charge in [-0.1, -0.05) is 44.3 Å². The van der Waals surface area contributed by atoms with Gasteiger partial charge in [-0.25, -0.2) is 6.07 Å². The van der Waals surface area contributed by atoms with E-state index >= 15 is 0 Å². The fraction of sp³-hybridized carbons (Fsp3) is 0.143. The van der Waals surface area contributed by atoms with Gasteiger partial charge in [0, 0.05) is 0 Å². The molecule has 0 N–H and O–H groups in total. The average Bonchev–Trinajstić information content (AvgIpc) is 3.24. The van der Waals surface area contributed by atoms with E-state index in [2.05, 4.69) is 93.0 Å². The van der Waals surface area contributed by atoms with Gasteiger partial charge in [0.15, 0.2) is 0 Å². The second kappa shape index (κ2) is 11.2. The number of halogens is 2. The first kappa shape index (κ1) is 24.4. The van der Waals surface area contributed by atoms with E-state index in [4.69, 9.17) is 0 Å². The zero-order valence-electron chi connectivity index (χ0n) is 14.6. The van der Waals surface area contributed by atoms with Gasteiger partial charge in [0.2, 0.25) is 0 Å². The second-order valence-electron chi connectivity index (χ2n) is 5.76. The van der Waals surface area contributed by atoms with E-state index in [1.807, 2.05) is 0 Å². The summed E-state index contributed by atoms with van der Waals surface area (Å²) in [5.74, 6) is 4.59. The van der Waals surface area contributed by atoms with Crippen LogP contribution in [0.1, 0.15) is 16.7 Å². The predicted molar refractivity (Wildman–Crippen MR) is 99.8 cm³/mol. The molecule has 0 aliphatic rings. The summed E-state index contributed by atoms with van der Waals surface area (Å²) in [5.41, 5.74) is 4.25. The van der Waals surface area contributed by atoms with E-state index in [1.54, 1.807) is 0 Å². The zero-order chi connectivity index (χ0) is 15.5. The van der Waals surface area contributed by atoms with Gasteiger partial charge in [-0.3, -0.25) is 0 Å². The third-order valence-corrected chi connectivity index (χ3v) is 6.11. The quantitative estimate of drug-likeness (QED) is 0.366. The maximum Gasteiger partial charge on any atom is 4.00 e. The molecule has 0 amide bonds. The summed E-state index contributed by atoms with van der Waals surface area (Å²) in [6.45, 7) is 6.44. The Morgan fingerprint density at radius 2 is 1.56 bits per heavy atom. The first-order valence-electron chi connectivity index (χ1n) is 7.63. The summed E-state index contributed by atoms with van der Waals surface area (Å²) in [4.78, 5) is 0. The van der Waals surface area contributed by atoms with Crippen molar-refractivity contribution in [3.05, 3.63) is 89.0 Å². The van der Waals surface area contributed by atoms with Crippen molar-refractivity contribution in [2.24, 2.45) is 0 Å². The van der Waals surface area contributed by atoms with Crippen LogP contribution in [-0.4, -0.2) is 0 Å². The molecule has 3 aromatic carbocycles. The number of benzene rings is 1. The fourth-order valence-corrected chi connectivity index (χ4v) is 4.19. The van der Waals surface area contributed by atoms with Crippen LogP contribution in [0.5, 0.6) is 0 Å². The number of fused-ring (bicyclic) bond motifs is 1. The monoisotopic (exact) mass is 464 g/mol. The first-order chi connectivity index (χ1) is 10.6. The van der Waals surface area contributed by atoms with Crippen molar-refractivity contribution in [3.8, 4) is 5.30 Å². The van der Waals surface area contributed by atoms with E-state index in [0.29, 0.717) is 0 Å². The molecule has 0 aliphatic heterocycles. The van der Waals surface area contributed by atoms with E-state index in [1.165, 1.54) is 32.8 Å². The Morgan fingerprint density at radius 3 is 2.04 bits per heavy atom. The normalized spacial score (nSPS) is 9.24. The van der Waals surface area contributed by atoms with Crippen molar-refractivity contribution >= 4 is 18.3 Å². The SMILES string of the molecule is Cc1cc[c-](C)c1C.[Cl-].[Cl-].[Zr+4].c1ccc2[cH-]c(-p3cccc3)cc2c1. The van der Waals surface area contributed by atoms with Crippen LogP contribution < -0.4 is 24.8 Å². The molecule has 4 rings (SSSR count). The minimum absolute atomic E-state index is 0. The summed E-state index contributed by atoms with van der Waals surface area (Å²) in [7, 11) is -0.148. The Balaban J connectivity index is 0.000000462. The molecule has 0 radical (unpaired) electrons. The fourth-order valence-electron chi connectivity index (χ4n) is 2.60. The molecule has 0 atom stereocenters. The van der Waals surface area contributed by atoms with Crippen LogP contribution in [0.4, 0.5) is 0 Å². The molecular formula is C21H21Cl2PZr. The van der Waals surface area contributed by atoms with Crippen LogP contribution in [0, 0.1) is 20.8 Å². The van der Waals surface area contributed by atoms with Crippen molar-refractivity contribution in [3.63, 3.8) is 0 Å². The van der Waals surface area contributed by atoms with Crippen LogP contribution in [0.15, 0.2) is 72.3 Å². The van der Waals surface area contributed by atoms with Gasteiger partial charge in [0.1, 0.15) is 0 Å². The van der Waals surface area contributed by atoms with Crippen molar-refractivity contribution in [1.82, 2.24) is 0 Å². The zero-order valence-corrected chi connectivity index (χ0v) is 19.5. The molecule has 1 aromatic heterocycles. The molecule has 0 fully saturated rings. The van der Waals surface area contributed by atoms with E-state index in [9.17, 15) is 0 Å². The third kappa shape index (κ3) is 5.97. The maximum atomic E-state index is 2.31. The van der Waals surface area contributed by atoms with E-state index < -0.39 is 0 Å². The third-order valence-electron chi connectivity index (χ3n) is 4.27. The van der Waals surface area contributed by atoms with Gasteiger partial charge in [0.25, 0.3) is 0 Å².